The Hall–Kier alpha value is -1.73. The molecule has 0 radical (unpaired) electrons. The topological polar surface area (TPSA) is 63.1 Å². The van der Waals surface area contributed by atoms with Gasteiger partial charge < -0.3 is 14.8 Å². The molecule has 0 saturated carbocycles. The first kappa shape index (κ1) is 15.2. The SMILES string of the molecule is Cc1csc(CN[C@@H]2CCCN(c3nccn(C)c3=O)C2)n1. The quantitative estimate of drug-likeness (QED) is 0.920. The highest BCUT2D eigenvalue weighted by Gasteiger charge is 2.22. The fourth-order valence-corrected chi connectivity index (χ4v) is 3.48. The molecule has 1 atom stereocenters. The Bertz CT molecular complexity index is 695. The fraction of sp³-hybridized carbons (Fsp3) is 0.533. The molecular weight excluding hydrogens is 298 g/mol. The number of nitrogens with zero attached hydrogens (tertiary/aromatic N) is 4. The molecule has 7 heteroatoms. The van der Waals surface area contributed by atoms with E-state index in [1.54, 1.807) is 35.3 Å². The summed E-state index contributed by atoms with van der Waals surface area (Å²) in [6.07, 6.45) is 5.56. The Labute approximate surface area is 133 Å². The number of hydrogen-bond acceptors (Lipinski definition) is 6. The maximum absolute atomic E-state index is 12.2. The Morgan fingerprint density at radius 3 is 3.14 bits per heavy atom. The number of aryl methyl sites for hydroxylation is 2. The van der Waals surface area contributed by atoms with Gasteiger partial charge in [0.1, 0.15) is 5.01 Å². The van der Waals surface area contributed by atoms with Gasteiger partial charge in [-0.05, 0) is 19.8 Å². The summed E-state index contributed by atoms with van der Waals surface area (Å²) in [4.78, 5) is 23.0. The van der Waals surface area contributed by atoms with Crippen molar-refractivity contribution in [2.45, 2.75) is 32.4 Å². The Morgan fingerprint density at radius 1 is 1.50 bits per heavy atom. The van der Waals surface area contributed by atoms with Gasteiger partial charge in [0.05, 0.1) is 0 Å². The molecule has 1 aliphatic heterocycles. The van der Waals surface area contributed by atoms with E-state index in [0.29, 0.717) is 11.9 Å². The van der Waals surface area contributed by atoms with Crippen LogP contribution in [0.2, 0.25) is 0 Å². The van der Waals surface area contributed by atoms with Gasteiger partial charge in [0.25, 0.3) is 5.56 Å². The molecule has 0 bridgehead atoms. The lowest BCUT2D eigenvalue weighted by molar-refractivity contribution is 0.418. The van der Waals surface area contributed by atoms with Crippen LogP contribution in [0.5, 0.6) is 0 Å². The number of aromatic nitrogens is 3. The van der Waals surface area contributed by atoms with Crippen molar-refractivity contribution in [3.8, 4) is 0 Å². The zero-order valence-corrected chi connectivity index (χ0v) is 13.8. The third-order valence-corrected chi connectivity index (χ3v) is 4.89. The molecule has 0 spiro atoms. The van der Waals surface area contributed by atoms with E-state index >= 15 is 0 Å². The van der Waals surface area contributed by atoms with E-state index in [-0.39, 0.29) is 5.56 Å². The van der Waals surface area contributed by atoms with E-state index in [1.807, 2.05) is 6.92 Å². The van der Waals surface area contributed by atoms with Crippen molar-refractivity contribution in [2.24, 2.45) is 7.05 Å². The van der Waals surface area contributed by atoms with Gasteiger partial charge in [0, 0.05) is 56.2 Å². The van der Waals surface area contributed by atoms with E-state index in [4.69, 9.17) is 0 Å². The minimum Gasteiger partial charge on any atom is -0.350 e. The molecular formula is C15H21N5OS. The molecule has 0 aliphatic carbocycles. The summed E-state index contributed by atoms with van der Waals surface area (Å²) in [6, 6.07) is 0.365. The van der Waals surface area contributed by atoms with Crippen LogP contribution in [0.25, 0.3) is 0 Å². The first-order chi connectivity index (χ1) is 10.6. The summed E-state index contributed by atoms with van der Waals surface area (Å²) in [5.41, 5.74) is 1.04. The molecule has 6 nitrogen and oxygen atoms in total. The van der Waals surface area contributed by atoms with Crippen LogP contribution in [0.1, 0.15) is 23.5 Å². The zero-order chi connectivity index (χ0) is 15.5. The van der Waals surface area contributed by atoms with E-state index in [1.165, 1.54) is 0 Å². The highest BCUT2D eigenvalue weighted by Crippen LogP contribution is 2.15. The zero-order valence-electron chi connectivity index (χ0n) is 13.0. The largest absolute Gasteiger partial charge is 0.350 e. The predicted octanol–water partition coefficient (Wildman–Crippen LogP) is 1.30. The van der Waals surface area contributed by atoms with Gasteiger partial charge in [0.15, 0.2) is 5.82 Å². The predicted molar refractivity (Wildman–Crippen MR) is 88.4 cm³/mol. The Kier molecular flexibility index (Phi) is 4.54. The molecule has 0 aromatic carbocycles. The third kappa shape index (κ3) is 3.36. The van der Waals surface area contributed by atoms with E-state index < -0.39 is 0 Å². The summed E-state index contributed by atoms with van der Waals surface area (Å²) >= 11 is 1.69. The first-order valence-electron chi connectivity index (χ1n) is 7.54. The molecule has 1 aliphatic rings. The van der Waals surface area contributed by atoms with Crippen molar-refractivity contribution in [1.82, 2.24) is 19.9 Å². The fourth-order valence-electron chi connectivity index (χ4n) is 2.75. The van der Waals surface area contributed by atoms with Gasteiger partial charge in [-0.2, -0.15) is 0 Å². The molecule has 3 heterocycles. The van der Waals surface area contributed by atoms with Gasteiger partial charge in [-0.3, -0.25) is 4.79 Å². The molecule has 118 valence electrons. The maximum atomic E-state index is 12.2. The minimum atomic E-state index is -0.0290. The summed E-state index contributed by atoms with van der Waals surface area (Å²) in [6.45, 7) is 4.51. The van der Waals surface area contributed by atoms with Crippen molar-refractivity contribution >= 4 is 17.2 Å². The molecule has 1 saturated heterocycles. The molecule has 0 amide bonds. The molecule has 1 fully saturated rings. The van der Waals surface area contributed by atoms with Crippen molar-refractivity contribution in [3.63, 3.8) is 0 Å². The standard InChI is InChI=1S/C15H21N5OS/c1-11-10-22-13(18-11)8-17-12-4-3-6-20(9-12)14-15(21)19(2)7-5-16-14/h5,7,10,12,17H,3-4,6,8-9H2,1-2H3/t12-/m1/s1. The second kappa shape index (κ2) is 6.58. The number of rotatable bonds is 4. The van der Waals surface area contributed by atoms with Gasteiger partial charge in [-0.15, -0.1) is 11.3 Å². The van der Waals surface area contributed by atoms with Crippen LogP contribution in [-0.4, -0.2) is 33.7 Å². The van der Waals surface area contributed by atoms with Gasteiger partial charge in [-0.1, -0.05) is 0 Å². The number of thiazole rings is 1. The summed E-state index contributed by atoms with van der Waals surface area (Å²) in [5, 5.41) is 6.74. The lowest BCUT2D eigenvalue weighted by atomic mass is 10.1. The molecule has 2 aromatic rings. The van der Waals surface area contributed by atoms with E-state index in [0.717, 1.165) is 43.2 Å². The van der Waals surface area contributed by atoms with Gasteiger partial charge in [-0.25, -0.2) is 9.97 Å². The van der Waals surface area contributed by atoms with Crippen LogP contribution in [0.4, 0.5) is 5.82 Å². The first-order valence-corrected chi connectivity index (χ1v) is 8.42. The Balaban J connectivity index is 1.64. The molecule has 22 heavy (non-hydrogen) atoms. The number of piperidine rings is 1. The van der Waals surface area contributed by atoms with E-state index in [9.17, 15) is 4.79 Å². The van der Waals surface area contributed by atoms with Crippen LogP contribution in [0.3, 0.4) is 0 Å². The maximum Gasteiger partial charge on any atom is 0.293 e. The molecule has 3 rings (SSSR count). The van der Waals surface area contributed by atoms with Crippen LogP contribution in [0.15, 0.2) is 22.6 Å². The summed E-state index contributed by atoms with van der Waals surface area (Å²) in [7, 11) is 1.76. The van der Waals surface area contributed by atoms with E-state index in [2.05, 4.69) is 25.6 Å². The summed E-state index contributed by atoms with van der Waals surface area (Å²) < 4.78 is 1.58. The highest BCUT2D eigenvalue weighted by molar-refractivity contribution is 7.09. The van der Waals surface area contributed by atoms with Crippen LogP contribution >= 0.6 is 11.3 Å². The smallest absolute Gasteiger partial charge is 0.293 e. The highest BCUT2D eigenvalue weighted by atomic mass is 32.1. The lowest BCUT2D eigenvalue weighted by Gasteiger charge is -2.33. The van der Waals surface area contributed by atoms with Crippen LogP contribution in [0, 0.1) is 6.92 Å². The lowest BCUT2D eigenvalue weighted by Crippen LogP contribution is -2.47. The van der Waals surface area contributed by atoms with Crippen molar-refractivity contribution in [1.29, 1.82) is 0 Å². The van der Waals surface area contributed by atoms with Crippen molar-refractivity contribution in [2.75, 3.05) is 18.0 Å². The molecule has 0 unspecified atom stereocenters. The van der Waals surface area contributed by atoms with Gasteiger partial charge >= 0.3 is 0 Å². The van der Waals surface area contributed by atoms with Crippen LogP contribution < -0.4 is 15.8 Å². The second-order valence-corrected chi connectivity index (χ2v) is 6.66. The summed E-state index contributed by atoms with van der Waals surface area (Å²) in [5.74, 6) is 0.557. The van der Waals surface area contributed by atoms with Crippen LogP contribution in [-0.2, 0) is 13.6 Å². The van der Waals surface area contributed by atoms with Crippen molar-refractivity contribution in [3.05, 3.63) is 38.8 Å². The molecule has 1 N–H and O–H groups in total. The normalized spacial score (nSPS) is 18.6. The number of nitrogens with one attached hydrogen (secondary N) is 1. The average Bonchev–Trinajstić information content (AvgIpc) is 2.94. The molecule has 2 aromatic heterocycles. The third-order valence-electron chi connectivity index (χ3n) is 3.93. The number of hydrogen-bond donors (Lipinski definition) is 1. The number of anilines is 1. The Morgan fingerprint density at radius 2 is 2.36 bits per heavy atom. The second-order valence-electron chi connectivity index (χ2n) is 5.72. The van der Waals surface area contributed by atoms with Gasteiger partial charge in [0.2, 0.25) is 0 Å². The minimum absolute atomic E-state index is 0.0290. The average molecular weight is 319 g/mol. The van der Waals surface area contributed by atoms with Crippen molar-refractivity contribution < 1.29 is 0 Å². The monoisotopic (exact) mass is 319 g/mol.